The zero-order valence-electron chi connectivity index (χ0n) is 9.21. The number of hydrogen-bond acceptors (Lipinski definition) is 1. The molecule has 0 fully saturated rings. The van der Waals surface area contributed by atoms with Crippen molar-refractivity contribution in [2.75, 3.05) is 0 Å². The van der Waals surface area contributed by atoms with E-state index in [0.29, 0.717) is 0 Å². The second kappa shape index (κ2) is 4.85. The molecular formula is C13H18O. The Hall–Kier alpha value is -1.24. The summed E-state index contributed by atoms with van der Waals surface area (Å²) in [6.45, 7) is 10.1. The minimum absolute atomic E-state index is 0.260. The number of ether oxygens (including phenoxy) is 1. The van der Waals surface area contributed by atoms with Crippen LogP contribution >= 0.6 is 0 Å². The maximum atomic E-state index is 5.80. The summed E-state index contributed by atoms with van der Waals surface area (Å²) in [7, 11) is 0. The molecule has 0 saturated carbocycles. The molecule has 0 aliphatic heterocycles. The van der Waals surface area contributed by atoms with Crippen LogP contribution in [0.1, 0.15) is 32.8 Å². The number of rotatable bonds is 4. The quantitative estimate of drug-likeness (QED) is 0.699. The number of benzene rings is 1. The van der Waals surface area contributed by atoms with Crippen LogP contribution < -0.4 is 4.74 Å². The summed E-state index contributed by atoms with van der Waals surface area (Å²) in [5.41, 5.74) is 2.15. The fourth-order valence-corrected chi connectivity index (χ4v) is 1.22. The van der Waals surface area contributed by atoms with E-state index in [1.54, 1.807) is 0 Å². The Balaban J connectivity index is 2.90. The van der Waals surface area contributed by atoms with Crippen molar-refractivity contribution >= 4 is 5.57 Å². The highest BCUT2D eigenvalue weighted by atomic mass is 16.5. The van der Waals surface area contributed by atoms with E-state index >= 15 is 0 Å². The van der Waals surface area contributed by atoms with Gasteiger partial charge in [-0.05, 0) is 31.9 Å². The summed E-state index contributed by atoms with van der Waals surface area (Å²) in [5.74, 6) is 0.939. The molecule has 1 aromatic rings. The van der Waals surface area contributed by atoms with Crippen molar-refractivity contribution in [2.45, 2.75) is 33.3 Å². The zero-order chi connectivity index (χ0) is 10.6. The molecule has 0 N–H and O–H groups in total. The van der Waals surface area contributed by atoms with Crippen molar-refractivity contribution in [3.8, 4) is 5.75 Å². The van der Waals surface area contributed by atoms with E-state index in [1.807, 2.05) is 31.2 Å². The molecule has 76 valence electrons. The molecule has 0 aliphatic carbocycles. The van der Waals surface area contributed by atoms with E-state index in [9.17, 15) is 0 Å². The van der Waals surface area contributed by atoms with Crippen LogP contribution in [0, 0.1) is 0 Å². The van der Waals surface area contributed by atoms with E-state index in [2.05, 4.69) is 20.4 Å². The second-order valence-corrected chi connectivity index (χ2v) is 3.61. The lowest BCUT2D eigenvalue weighted by Crippen LogP contribution is -2.10. The molecule has 0 heterocycles. The molecule has 0 amide bonds. The van der Waals surface area contributed by atoms with Crippen LogP contribution in [-0.2, 0) is 0 Å². The first-order valence-corrected chi connectivity index (χ1v) is 5.06. The Labute approximate surface area is 86.4 Å². The molecular weight excluding hydrogens is 172 g/mol. The molecule has 1 rings (SSSR count). The average molecular weight is 190 g/mol. The van der Waals surface area contributed by atoms with Crippen LogP contribution in [0.25, 0.3) is 5.57 Å². The van der Waals surface area contributed by atoms with E-state index in [4.69, 9.17) is 4.74 Å². The molecule has 0 aromatic heterocycles. The number of para-hydroxylation sites is 1. The molecule has 1 aromatic carbocycles. The molecule has 1 atom stereocenters. The number of hydrogen-bond donors (Lipinski definition) is 0. The van der Waals surface area contributed by atoms with Crippen molar-refractivity contribution in [1.29, 1.82) is 0 Å². The molecule has 0 radical (unpaired) electrons. The van der Waals surface area contributed by atoms with Crippen molar-refractivity contribution in [1.82, 2.24) is 0 Å². The van der Waals surface area contributed by atoms with Crippen molar-refractivity contribution in [3.05, 3.63) is 36.4 Å². The third kappa shape index (κ3) is 2.63. The van der Waals surface area contributed by atoms with Gasteiger partial charge in [-0.25, -0.2) is 0 Å². The highest BCUT2D eigenvalue weighted by molar-refractivity contribution is 5.66. The normalized spacial score (nSPS) is 12.2. The fraction of sp³-hybridized carbons (Fsp3) is 0.385. The minimum Gasteiger partial charge on any atom is -0.490 e. The van der Waals surface area contributed by atoms with Gasteiger partial charge in [0.2, 0.25) is 0 Å². The monoisotopic (exact) mass is 190 g/mol. The topological polar surface area (TPSA) is 9.23 Å². The van der Waals surface area contributed by atoms with Gasteiger partial charge in [-0.15, -0.1) is 0 Å². The smallest absolute Gasteiger partial charge is 0.127 e. The molecule has 1 nitrogen and oxygen atoms in total. The Morgan fingerprint density at radius 3 is 2.64 bits per heavy atom. The van der Waals surface area contributed by atoms with Crippen LogP contribution in [0.2, 0.25) is 0 Å². The maximum absolute atomic E-state index is 5.80. The summed E-state index contributed by atoms with van der Waals surface area (Å²) < 4.78 is 5.80. The lowest BCUT2D eigenvalue weighted by atomic mass is 10.1. The van der Waals surface area contributed by atoms with Gasteiger partial charge in [0.05, 0.1) is 6.10 Å². The van der Waals surface area contributed by atoms with Crippen LogP contribution in [-0.4, -0.2) is 6.10 Å². The first-order chi connectivity index (χ1) is 6.65. The SMILES string of the molecule is C=C(C)c1ccccc1OC(C)CC. The Bertz CT molecular complexity index is 315. The zero-order valence-corrected chi connectivity index (χ0v) is 9.21. The lowest BCUT2D eigenvalue weighted by molar-refractivity contribution is 0.217. The average Bonchev–Trinajstić information content (AvgIpc) is 2.18. The Kier molecular flexibility index (Phi) is 3.75. The minimum atomic E-state index is 0.260. The molecule has 1 unspecified atom stereocenters. The summed E-state index contributed by atoms with van der Waals surface area (Å²) in [5, 5.41) is 0. The highest BCUT2D eigenvalue weighted by Gasteiger charge is 2.06. The fourth-order valence-electron chi connectivity index (χ4n) is 1.22. The Morgan fingerprint density at radius 2 is 2.07 bits per heavy atom. The predicted molar refractivity (Wildman–Crippen MR) is 61.5 cm³/mol. The molecule has 0 aliphatic rings. The summed E-state index contributed by atoms with van der Waals surface area (Å²) in [6.07, 6.45) is 1.28. The van der Waals surface area contributed by atoms with Crippen LogP contribution in [0.15, 0.2) is 30.8 Å². The molecule has 1 heteroatoms. The van der Waals surface area contributed by atoms with Crippen molar-refractivity contribution in [3.63, 3.8) is 0 Å². The van der Waals surface area contributed by atoms with Gasteiger partial charge in [-0.2, -0.15) is 0 Å². The third-order valence-corrected chi connectivity index (χ3v) is 2.25. The van der Waals surface area contributed by atoms with Gasteiger partial charge < -0.3 is 4.74 Å². The Morgan fingerprint density at radius 1 is 1.43 bits per heavy atom. The van der Waals surface area contributed by atoms with Crippen LogP contribution in [0.5, 0.6) is 5.75 Å². The van der Waals surface area contributed by atoms with Gasteiger partial charge >= 0.3 is 0 Å². The van der Waals surface area contributed by atoms with Gasteiger partial charge in [-0.3, -0.25) is 0 Å². The lowest BCUT2D eigenvalue weighted by Gasteiger charge is -2.15. The van der Waals surface area contributed by atoms with Crippen LogP contribution in [0.3, 0.4) is 0 Å². The van der Waals surface area contributed by atoms with Gasteiger partial charge in [0.25, 0.3) is 0 Å². The molecule has 0 saturated heterocycles. The first kappa shape index (κ1) is 10.8. The van der Waals surface area contributed by atoms with Crippen LogP contribution in [0.4, 0.5) is 0 Å². The largest absolute Gasteiger partial charge is 0.490 e. The second-order valence-electron chi connectivity index (χ2n) is 3.61. The maximum Gasteiger partial charge on any atom is 0.127 e. The van der Waals surface area contributed by atoms with E-state index in [1.165, 1.54) is 0 Å². The van der Waals surface area contributed by atoms with Gasteiger partial charge in [0.15, 0.2) is 0 Å². The highest BCUT2D eigenvalue weighted by Crippen LogP contribution is 2.25. The van der Waals surface area contributed by atoms with Gasteiger partial charge in [0.1, 0.15) is 5.75 Å². The van der Waals surface area contributed by atoms with Crippen molar-refractivity contribution in [2.24, 2.45) is 0 Å². The summed E-state index contributed by atoms with van der Waals surface area (Å²) >= 11 is 0. The number of allylic oxidation sites excluding steroid dienone is 1. The summed E-state index contributed by atoms with van der Waals surface area (Å²) in [6, 6.07) is 8.04. The molecule has 0 bridgehead atoms. The third-order valence-electron chi connectivity index (χ3n) is 2.25. The van der Waals surface area contributed by atoms with Gasteiger partial charge in [0, 0.05) is 5.56 Å². The molecule has 14 heavy (non-hydrogen) atoms. The van der Waals surface area contributed by atoms with Gasteiger partial charge in [-0.1, -0.05) is 31.7 Å². The summed E-state index contributed by atoms with van der Waals surface area (Å²) in [4.78, 5) is 0. The standard InChI is InChI=1S/C13H18O/c1-5-11(4)14-13-9-7-6-8-12(13)10(2)3/h6-9,11H,2,5H2,1,3-4H3. The molecule has 0 spiro atoms. The van der Waals surface area contributed by atoms with E-state index in [0.717, 1.165) is 23.3 Å². The first-order valence-electron chi connectivity index (χ1n) is 5.06. The van der Waals surface area contributed by atoms with E-state index in [-0.39, 0.29) is 6.10 Å². The predicted octanol–water partition coefficient (Wildman–Crippen LogP) is 3.90. The van der Waals surface area contributed by atoms with E-state index < -0.39 is 0 Å². The van der Waals surface area contributed by atoms with Crippen molar-refractivity contribution < 1.29 is 4.74 Å².